The molecule has 5 N–H and O–H groups in total. The third-order valence-corrected chi connectivity index (χ3v) is 4.45. The molecule has 0 saturated heterocycles. The zero-order valence-electron chi connectivity index (χ0n) is 16.6. The molecule has 152 valence electrons. The summed E-state index contributed by atoms with van der Waals surface area (Å²) in [6, 6.07) is 7.87. The second-order valence-electron chi connectivity index (χ2n) is 7.49. The van der Waals surface area contributed by atoms with E-state index in [1.165, 1.54) is 0 Å². The molecule has 7 nitrogen and oxygen atoms in total. The first-order valence-corrected chi connectivity index (χ1v) is 9.45. The van der Waals surface area contributed by atoms with E-state index in [1.54, 1.807) is 0 Å². The molecular formula is C19H33BN2O5. The van der Waals surface area contributed by atoms with Crippen LogP contribution in [-0.4, -0.2) is 58.4 Å². The van der Waals surface area contributed by atoms with Gasteiger partial charge in [-0.15, -0.1) is 0 Å². The lowest BCUT2D eigenvalue weighted by Crippen LogP contribution is -2.49. The van der Waals surface area contributed by atoms with E-state index in [1.807, 2.05) is 50.1 Å². The number of hydrogen-bond acceptors (Lipinski definition) is 6. The molecule has 0 aromatic heterocycles. The molecule has 1 aromatic carbocycles. The maximum atomic E-state index is 11.6. The van der Waals surface area contributed by atoms with Gasteiger partial charge >= 0.3 is 13.1 Å². The number of ether oxygens (including phenoxy) is 1. The van der Waals surface area contributed by atoms with Crippen LogP contribution >= 0.6 is 0 Å². The maximum Gasteiger partial charge on any atom is 0.451 e. The minimum Gasteiger partial charge on any atom is -0.491 e. The van der Waals surface area contributed by atoms with Crippen molar-refractivity contribution in [2.75, 3.05) is 13.6 Å². The van der Waals surface area contributed by atoms with E-state index >= 15 is 0 Å². The Morgan fingerprint density at radius 3 is 2.37 bits per heavy atom. The van der Waals surface area contributed by atoms with Crippen LogP contribution in [0.3, 0.4) is 0 Å². The molecule has 0 spiro atoms. The molecule has 27 heavy (non-hydrogen) atoms. The standard InChI is InChI=1S/C19H33BN2O5/c1-15(2)27-17-8-6-16(7-9-17)14-22(3)13-11-19(21,18(23)24)10-4-5-12-20(25)26/h6-9,15,25-26H,4-5,10-14,21H2,1-3H3,(H,23,24). The summed E-state index contributed by atoms with van der Waals surface area (Å²) in [6.07, 6.45) is 2.07. The van der Waals surface area contributed by atoms with E-state index in [0.717, 1.165) is 11.3 Å². The molecule has 0 amide bonds. The smallest absolute Gasteiger partial charge is 0.451 e. The van der Waals surface area contributed by atoms with Gasteiger partial charge in [0.15, 0.2) is 0 Å². The van der Waals surface area contributed by atoms with E-state index in [4.69, 9.17) is 20.5 Å². The van der Waals surface area contributed by atoms with E-state index < -0.39 is 18.6 Å². The van der Waals surface area contributed by atoms with Crippen LogP contribution in [0.25, 0.3) is 0 Å². The van der Waals surface area contributed by atoms with Gasteiger partial charge in [-0.25, -0.2) is 0 Å². The average Bonchev–Trinajstić information content (AvgIpc) is 2.58. The third kappa shape index (κ3) is 9.24. The molecule has 8 heteroatoms. The van der Waals surface area contributed by atoms with Crippen molar-refractivity contribution in [1.29, 1.82) is 0 Å². The minimum absolute atomic E-state index is 0.132. The predicted octanol–water partition coefficient (Wildman–Crippen LogP) is 1.72. The highest BCUT2D eigenvalue weighted by Crippen LogP contribution is 2.19. The normalized spacial score (nSPS) is 13.6. The van der Waals surface area contributed by atoms with Crippen molar-refractivity contribution in [3.63, 3.8) is 0 Å². The van der Waals surface area contributed by atoms with Crippen molar-refractivity contribution in [2.45, 2.75) is 64.0 Å². The number of carbonyl (C=O) groups is 1. The summed E-state index contributed by atoms with van der Waals surface area (Å²) in [5, 5.41) is 27.2. The minimum atomic E-state index is -1.36. The number of nitrogens with two attached hydrogens (primary N) is 1. The van der Waals surface area contributed by atoms with Crippen LogP contribution in [0.4, 0.5) is 0 Å². The van der Waals surface area contributed by atoms with E-state index in [-0.39, 0.29) is 12.4 Å². The van der Waals surface area contributed by atoms with Gasteiger partial charge in [0.25, 0.3) is 0 Å². The van der Waals surface area contributed by atoms with E-state index in [9.17, 15) is 9.90 Å². The molecular weight excluding hydrogens is 347 g/mol. The fourth-order valence-electron chi connectivity index (χ4n) is 2.83. The fraction of sp³-hybridized carbons (Fsp3) is 0.632. The Hall–Kier alpha value is -1.61. The van der Waals surface area contributed by atoms with Crippen LogP contribution in [-0.2, 0) is 11.3 Å². The number of carboxylic acids is 1. The molecule has 0 saturated carbocycles. The van der Waals surface area contributed by atoms with Crippen molar-refractivity contribution in [1.82, 2.24) is 4.90 Å². The van der Waals surface area contributed by atoms with Crippen molar-refractivity contribution in [2.24, 2.45) is 5.73 Å². The summed E-state index contributed by atoms with van der Waals surface area (Å²) in [5.74, 6) is -0.188. The summed E-state index contributed by atoms with van der Waals surface area (Å²) < 4.78 is 5.63. The second-order valence-corrected chi connectivity index (χ2v) is 7.49. The molecule has 0 fully saturated rings. The monoisotopic (exact) mass is 380 g/mol. The Morgan fingerprint density at radius 2 is 1.85 bits per heavy atom. The molecule has 1 aromatic rings. The van der Waals surface area contributed by atoms with Gasteiger partial charge in [0.05, 0.1) is 6.10 Å². The van der Waals surface area contributed by atoms with E-state index in [0.29, 0.717) is 38.8 Å². The molecule has 1 unspecified atom stereocenters. The highest BCUT2D eigenvalue weighted by atomic mass is 16.5. The van der Waals surface area contributed by atoms with Gasteiger partial charge in [-0.2, -0.15) is 0 Å². The fourth-order valence-corrected chi connectivity index (χ4v) is 2.83. The number of aliphatic carboxylic acids is 1. The number of carboxylic acid groups (broad SMARTS) is 1. The first-order chi connectivity index (χ1) is 12.6. The van der Waals surface area contributed by atoms with Crippen LogP contribution < -0.4 is 10.5 Å². The first-order valence-electron chi connectivity index (χ1n) is 9.45. The molecule has 0 aliphatic heterocycles. The molecule has 0 radical (unpaired) electrons. The van der Waals surface area contributed by atoms with Crippen LogP contribution in [0, 0.1) is 0 Å². The van der Waals surface area contributed by atoms with Gasteiger partial charge in [-0.1, -0.05) is 25.0 Å². The summed E-state index contributed by atoms with van der Waals surface area (Å²) in [6.45, 7) is 5.20. The van der Waals surface area contributed by atoms with Crippen molar-refractivity contribution >= 4 is 13.1 Å². The number of hydrogen-bond donors (Lipinski definition) is 4. The highest BCUT2D eigenvalue weighted by molar-refractivity contribution is 6.40. The summed E-state index contributed by atoms with van der Waals surface area (Å²) >= 11 is 0. The largest absolute Gasteiger partial charge is 0.491 e. The average molecular weight is 380 g/mol. The van der Waals surface area contributed by atoms with Gasteiger partial charge in [0, 0.05) is 13.1 Å². The number of rotatable bonds is 13. The number of nitrogens with zero attached hydrogens (tertiary/aromatic N) is 1. The summed E-state index contributed by atoms with van der Waals surface area (Å²) in [4.78, 5) is 13.6. The molecule has 0 aliphatic rings. The molecule has 1 atom stereocenters. The van der Waals surface area contributed by atoms with Crippen LogP contribution in [0.1, 0.15) is 45.1 Å². The van der Waals surface area contributed by atoms with Gasteiger partial charge in [0.1, 0.15) is 11.3 Å². The Balaban J connectivity index is 2.48. The van der Waals surface area contributed by atoms with Crippen LogP contribution in [0.15, 0.2) is 24.3 Å². The SMILES string of the molecule is CC(C)Oc1ccc(CN(C)CCC(N)(CCCCB(O)O)C(=O)O)cc1. The van der Waals surface area contributed by atoms with Gasteiger partial charge in [-0.05, 0) is 57.8 Å². The van der Waals surface area contributed by atoms with Crippen LogP contribution in [0.5, 0.6) is 5.75 Å². The lowest BCUT2D eigenvalue weighted by molar-refractivity contribution is -0.144. The Morgan fingerprint density at radius 1 is 1.22 bits per heavy atom. The molecule has 0 heterocycles. The summed E-state index contributed by atoms with van der Waals surface area (Å²) in [5.41, 5.74) is 5.91. The Labute approximate surface area is 162 Å². The number of benzene rings is 1. The molecule has 0 aliphatic carbocycles. The van der Waals surface area contributed by atoms with Crippen molar-refractivity contribution in [3.05, 3.63) is 29.8 Å². The second kappa shape index (κ2) is 11.3. The lowest BCUT2D eigenvalue weighted by Gasteiger charge is -2.27. The lowest BCUT2D eigenvalue weighted by atomic mass is 9.81. The van der Waals surface area contributed by atoms with Gasteiger partial charge < -0.3 is 30.5 Å². The Bertz CT molecular complexity index is 568. The zero-order chi connectivity index (χ0) is 20.4. The third-order valence-electron chi connectivity index (χ3n) is 4.45. The predicted molar refractivity (Wildman–Crippen MR) is 107 cm³/mol. The molecule has 1 rings (SSSR count). The number of unbranched alkanes of at least 4 members (excludes halogenated alkanes) is 1. The quantitative estimate of drug-likeness (QED) is 0.304. The topological polar surface area (TPSA) is 116 Å². The van der Waals surface area contributed by atoms with Gasteiger partial charge in [0.2, 0.25) is 0 Å². The first kappa shape index (κ1) is 23.4. The Kier molecular flexibility index (Phi) is 9.80. The summed E-state index contributed by atoms with van der Waals surface area (Å²) in [7, 11) is 0.577. The van der Waals surface area contributed by atoms with Crippen molar-refractivity contribution < 1.29 is 24.7 Å². The van der Waals surface area contributed by atoms with Gasteiger partial charge in [-0.3, -0.25) is 4.79 Å². The van der Waals surface area contributed by atoms with Crippen molar-refractivity contribution in [3.8, 4) is 5.75 Å². The maximum absolute atomic E-state index is 11.6. The zero-order valence-corrected chi connectivity index (χ0v) is 16.6. The highest BCUT2D eigenvalue weighted by Gasteiger charge is 2.33. The molecule has 0 bridgehead atoms. The van der Waals surface area contributed by atoms with E-state index in [2.05, 4.69) is 0 Å². The van der Waals surface area contributed by atoms with Crippen LogP contribution in [0.2, 0.25) is 6.32 Å².